The predicted molar refractivity (Wildman–Crippen MR) is 158 cm³/mol. The summed E-state index contributed by atoms with van der Waals surface area (Å²) >= 11 is 0. The number of rotatable bonds is 11. The molecular formula is C31H33N5O6. The van der Waals surface area contributed by atoms with Crippen LogP contribution in [-0.4, -0.2) is 65.6 Å². The van der Waals surface area contributed by atoms with Crippen LogP contribution in [0.5, 0.6) is 0 Å². The Morgan fingerprint density at radius 3 is 2.50 bits per heavy atom. The second-order valence-corrected chi connectivity index (χ2v) is 10.2. The van der Waals surface area contributed by atoms with E-state index in [2.05, 4.69) is 20.9 Å². The van der Waals surface area contributed by atoms with Crippen molar-refractivity contribution in [1.82, 2.24) is 15.2 Å². The topological polar surface area (TPSA) is 146 Å². The molecule has 218 valence electrons. The highest BCUT2D eigenvalue weighted by molar-refractivity contribution is 5.93. The van der Waals surface area contributed by atoms with E-state index < -0.39 is 12.0 Å². The molecule has 4 aromatic rings. The molecule has 0 bridgehead atoms. The summed E-state index contributed by atoms with van der Waals surface area (Å²) in [6.07, 6.45) is -0.134. The Balaban J connectivity index is 1.18. The highest BCUT2D eigenvalue weighted by Crippen LogP contribution is 2.25. The number of carboxylic acids is 1. The van der Waals surface area contributed by atoms with Crippen molar-refractivity contribution >= 4 is 46.3 Å². The second kappa shape index (κ2) is 13.3. The SMILES string of the molecule is Cc1ccccc1Nc1nc2ccc(CC(=O)Nc3ccc([C@H](CC(=O)O)NC(=O)CN4CCOCC4)cc3)cc2o1. The number of hydrogen-bond donors (Lipinski definition) is 4. The zero-order chi connectivity index (χ0) is 29.5. The molecular weight excluding hydrogens is 538 g/mol. The molecule has 1 aliphatic heterocycles. The molecule has 1 saturated heterocycles. The number of ether oxygens (including phenoxy) is 1. The second-order valence-electron chi connectivity index (χ2n) is 10.2. The number of aliphatic carboxylic acids is 1. The highest BCUT2D eigenvalue weighted by atomic mass is 16.5. The Kier molecular flexibility index (Phi) is 9.10. The summed E-state index contributed by atoms with van der Waals surface area (Å²) in [5.74, 6) is -1.49. The summed E-state index contributed by atoms with van der Waals surface area (Å²) in [4.78, 5) is 43.3. The van der Waals surface area contributed by atoms with Gasteiger partial charge in [-0.3, -0.25) is 19.3 Å². The minimum atomic E-state index is -1.02. The number of nitrogens with one attached hydrogen (secondary N) is 3. The van der Waals surface area contributed by atoms with E-state index in [0.717, 1.165) is 16.8 Å². The van der Waals surface area contributed by atoms with Crippen molar-refractivity contribution in [3.63, 3.8) is 0 Å². The van der Waals surface area contributed by atoms with E-state index in [4.69, 9.17) is 9.15 Å². The fourth-order valence-electron chi connectivity index (χ4n) is 4.78. The van der Waals surface area contributed by atoms with Crippen LogP contribution in [0, 0.1) is 6.92 Å². The van der Waals surface area contributed by atoms with Crippen molar-refractivity contribution in [2.24, 2.45) is 0 Å². The van der Waals surface area contributed by atoms with Crippen molar-refractivity contribution in [3.05, 3.63) is 83.4 Å². The molecule has 42 heavy (non-hydrogen) atoms. The number of oxazole rings is 1. The van der Waals surface area contributed by atoms with Gasteiger partial charge < -0.3 is 30.2 Å². The zero-order valence-electron chi connectivity index (χ0n) is 23.3. The average Bonchev–Trinajstić information content (AvgIpc) is 3.36. The van der Waals surface area contributed by atoms with E-state index >= 15 is 0 Å². The monoisotopic (exact) mass is 571 g/mol. The number of fused-ring (bicyclic) bond motifs is 1. The van der Waals surface area contributed by atoms with Crippen molar-refractivity contribution in [2.75, 3.05) is 43.5 Å². The van der Waals surface area contributed by atoms with E-state index in [1.807, 2.05) is 48.2 Å². The lowest BCUT2D eigenvalue weighted by Gasteiger charge is -2.27. The number of morpholine rings is 1. The molecule has 4 N–H and O–H groups in total. The summed E-state index contributed by atoms with van der Waals surface area (Å²) in [7, 11) is 0. The highest BCUT2D eigenvalue weighted by Gasteiger charge is 2.21. The van der Waals surface area contributed by atoms with Crippen LogP contribution >= 0.6 is 0 Å². The summed E-state index contributed by atoms with van der Waals surface area (Å²) < 4.78 is 11.2. The fraction of sp³-hybridized carbons (Fsp3) is 0.290. The molecule has 11 heteroatoms. The predicted octanol–water partition coefficient (Wildman–Crippen LogP) is 4.03. The zero-order valence-corrected chi connectivity index (χ0v) is 23.3. The number of carbonyl (C=O) groups is 3. The normalized spacial score (nSPS) is 14.3. The molecule has 1 atom stereocenters. The first kappa shape index (κ1) is 28.8. The number of hydrogen-bond acceptors (Lipinski definition) is 8. The maximum Gasteiger partial charge on any atom is 0.305 e. The molecule has 0 radical (unpaired) electrons. The van der Waals surface area contributed by atoms with Gasteiger partial charge in [0.25, 0.3) is 6.01 Å². The van der Waals surface area contributed by atoms with E-state index in [0.29, 0.717) is 54.7 Å². The van der Waals surface area contributed by atoms with Gasteiger partial charge in [-0.1, -0.05) is 36.4 Å². The molecule has 1 aliphatic rings. The molecule has 0 aliphatic carbocycles. The Hall–Kier alpha value is -4.74. The van der Waals surface area contributed by atoms with Crippen molar-refractivity contribution < 1.29 is 28.6 Å². The van der Waals surface area contributed by atoms with Gasteiger partial charge in [-0.25, -0.2) is 0 Å². The number of carboxylic acid groups (broad SMARTS) is 1. The van der Waals surface area contributed by atoms with E-state index in [1.165, 1.54) is 0 Å². The molecule has 1 fully saturated rings. The molecule has 0 unspecified atom stereocenters. The lowest BCUT2D eigenvalue weighted by Crippen LogP contribution is -2.44. The first-order chi connectivity index (χ1) is 20.3. The smallest absolute Gasteiger partial charge is 0.305 e. The van der Waals surface area contributed by atoms with Gasteiger partial charge >= 0.3 is 5.97 Å². The van der Waals surface area contributed by atoms with E-state index in [-0.39, 0.29) is 31.2 Å². The first-order valence-electron chi connectivity index (χ1n) is 13.8. The van der Waals surface area contributed by atoms with Crippen LogP contribution < -0.4 is 16.0 Å². The number of carbonyl (C=O) groups excluding carboxylic acids is 2. The molecule has 11 nitrogen and oxygen atoms in total. The average molecular weight is 572 g/mol. The minimum Gasteiger partial charge on any atom is -0.481 e. The Morgan fingerprint density at radius 1 is 1.00 bits per heavy atom. The number of benzene rings is 3. The third-order valence-electron chi connectivity index (χ3n) is 6.99. The number of amides is 2. The third kappa shape index (κ3) is 7.71. The van der Waals surface area contributed by atoms with Gasteiger partial charge in [0.1, 0.15) is 5.52 Å². The van der Waals surface area contributed by atoms with Crippen LogP contribution in [0.4, 0.5) is 17.4 Å². The Labute approximate surface area is 242 Å². The summed E-state index contributed by atoms with van der Waals surface area (Å²) in [6.45, 7) is 4.63. The number of anilines is 3. The lowest BCUT2D eigenvalue weighted by atomic mass is 10.0. The maximum atomic E-state index is 12.8. The quantitative estimate of drug-likeness (QED) is 0.210. The van der Waals surface area contributed by atoms with Crippen molar-refractivity contribution in [3.8, 4) is 0 Å². The van der Waals surface area contributed by atoms with Gasteiger partial charge in [-0.2, -0.15) is 4.98 Å². The van der Waals surface area contributed by atoms with E-state index in [9.17, 15) is 19.5 Å². The van der Waals surface area contributed by atoms with Gasteiger partial charge in [-0.15, -0.1) is 0 Å². The van der Waals surface area contributed by atoms with Gasteiger partial charge in [0.15, 0.2) is 5.58 Å². The number of para-hydroxylation sites is 1. The van der Waals surface area contributed by atoms with Crippen molar-refractivity contribution in [1.29, 1.82) is 0 Å². The molecule has 5 rings (SSSR count). The number of nitrogens with zero attached hydrogens (tertiary/aromatic N) is 2. The minimum absolute atomic E-state index is 0.123. The number of aromatic nitrogens is 1. The van der Waals surface area contributed by atoms with Gasteiger partial charge in [0.2, 0.25) is 11.8 Å². The lowest BCUT2D eigenvalue weighted by molar-refractivity contribution is -0.137. The molecule has 1 aromatic heterocycles. The van der Waals surface area contributed by atoms with Crippen molar-refractivity contribution in [2.45, 2.75) is 25.8 Å². The van der Waals surface area contributed by atoms with Gasteiger partial charge in [0.05, 0.1) is 38.6 Å². The van der Waals surface area contributed by atoms with Crippen LogP contribution in [0.25, 0.3) is 11.1 Å². The maximum absolute atomic E-state index is 12.8. The first-order valence-corrected chi connectivity index (χ1v) is 13.8. The molecule has 2 heterocycles. The Bertz CT molecular complexity index is 1560. The van der Waals surface area contributed by atoms with E-state index in [1.54, 1.807) is 30.3 Å². The Morgan fingerprint density at radius 2 is 1.76 bits per heavy atom. The largest absolute Gasteiger partial charge is 0.481 e. The standard InChI is InChI=1S/C31H33N5O6/c1-20-4-2-3-5-24(20)34-31-35-25-11-6-21(16-27(25)42-31)17-28(37)32-23-9-7-22(8-10-23)26(18-30(39)40)33-29(38)19-36-12-14-41-15-13-36/h2-11,16,26H,12-15,17-19H2,1H3,(H,32,37)(H,33,38)(H,34,35)(H,39,40)/t26-/m0/s1. The van der Waals surface area contributed by atoms with Gasteiger partial charge in [0, 0.05) is 24.5 Å². The summed E-state index contributed by atoms with van der Waals surface area (Å²) in [6, 6.07) is 19.8. The van der Waals surface area contributed by atoms with Crippen LogP contribution in [-0.2, 0) is 25.5 Å². The summed E-state index contributed by atoms with van der Waals surface area (Å²) in [5.41, 5.74) is 5.18. The third-order valence-corrected chi connectivity index (χ3v) is 6.99. The van der Waals surface area contributed by atoms with Crippen LogP contribution in [0.15, 0.2) is 71.1 Å². The number of aryl methyl sites for hydroxylation is 1. The van der Waals surface area contributed by atoms with Gasteiger partial charge in [-0.05, 0) is 53.9 Å². The van der Waals surface area contributed by atoms with Crippen LogP contribution in [0.3, 0.4) is 0 Å². The fourth-order valence-corrected chi connectivity index (χ4v) is 4.78. The molecule has 0 spiro atoms. The van der Waals surface area contributed by atoms with Crippen LogP contribution in [0.1, 0.15) is 29.2 Å². The molecule has 2 amide bonds. The summed E-state index contributed by atoms with van der Waals surface area (Å²) in [5, 5.41) is 18.3. The molecule has 0 saturated carbocycles. The van der Waals surface area contributed by atoms with Crippen LogP contribution in [0.2, 0.25) is 0 Å². The molecule has 3 aromatic carbocycles.